The molecule has 0 spiro atoms. The van der Waals surface area contributed by atoms with E-state index in [-0.39, 0.29) is 12.4 Å². The predicted molar refractivity (Wildman–Crippen MR) is 105 cm³/mol. The van der Waals surface area contributed by atoms with Gasteiger partial charge in [-0.25, -0.2) is 4.79 Å². The number of nitrogens with zero attached hydrogens (tertiary/aromatic N) is 1. The Balaban J connectivity index is 0.00000210. The molecule has 27 heavy (non-hydrogen) atoms. The molecule has 0 atom stereocenters. The number of aromatic hydroxyl groups is 1. The number of aromatic nitrogens is 2. The molecule has 0 saturated carbocycles. The lowest BCUT2D eigenvalue weighted by Crippen LogP contribution is -2.27. The topological polar surface area (TPSA) is 107 Å². The molecular weight excluding hydrogens is 370 g/mol. The highest BCUT2D eigenvalue weighted by Gasteiger charge is 2.22. The Morgan fingerprint density at radius 3 is 2.78 bits per heavy atom. The van der Waals surface area contributed by atoms with E-state index in [4.69, 9.17) is 0 Å². The monoisotopic (exact) mass is 389 g/mol. The van der Waals surface area contributed by atoms with Crippen LogP contribution >= 0.6 is 12.4 Å². The van der Waals surface area contributed by atoms with Crippen LogP contribution in [0.25, 0.3) is 22.2 Å². The minimum absolute atomic E-state index is 0. The summed E-state index contributed by atoms with van der Waals surface area (Å²) >= 11 is 0. The Morgan fingerprint density at radius 1 is 1.30 bits per heavy atom. The van der Waals surface area contributed by atoms with Crippen molar-refractivity contribution in [1.29, 1.82) is 0 Å². The second-order valence-electron chi connectivity index (χ2n) is 6.43. The molecule has 1 aromatic carbocycles. The molecule has 4 rings (SSSR count). The normalized spacial score (nSPS) is 13.2. The first-order chi connectivity index (χ1) is 12.5. The molecule has 0 saturated heterocycles. The molecule has 0 unspecified atom stereocenters. The van der Waals surface area contributed by atoms with Crippen LogP contribution in [0.4, 0.5) is 0 Å². The van der Waals surface area contributed by atoms with Crippen LogP contribution in [0.1, 0.15) is 28.5 Å². The highest BCUT2D eigenvalue weighted by molar-refractivity contribution is 5.92. The molecule has 0 radical (unpaired) electrons. The molecule has 0 fully saturated rings. The van der Waals surface area contributed by atoms with Gasteiger partial charge >= 0.3 is 5.97 Å². The zero-order chi connectivity index (χ0) is 18.4. The third-order valence-electron chi connectivity index (χ3n) is 4.95. The van der Waals surface area contributed by atoms with Gasteiger partial charge in [0.15, 0.2) is 5.56 Å². The number of carboxylic acids is 1. The van der Waals surface area contributed by atoms with Crippen LogP contribution in [0.2, 0.25) is 0 Å². The van der Waals surface area contributed by atoms with E-state index in [2.05, 4.69) is 20.9 Å². The number of pyridine rings is 1. The summed E-state index contributed by atoms with van der Waals surface area (Å²) in [6.45, 7) is 4.46. The molecule has 7 nitrogen and oxygen atoms in total. The molecular formula is C19H20ClN3O4. The van der Waals surface area contributed by atoms with Crippen LogP contribution in [0, 0.1) is 0 Å². The van der Waals surface area contributed by atoms with Crippen molar-refractivity contribution in [3.63, 3.8) is 0 Å². The molecule has 0 amide bonds. The largest absolute Gasteiger partial charge is 0.506 e. The van der Waals surface area contributed by atoms with E-state index < -0.39 is 22.8 Å². The number of benzene rings is 1. The van der Waals surface area contributed by atoms with E-state index in [9.17, 15) is 19.8 Å². The van der Waals surface area contributed by atoms with Crippen LogP contribution < -0.4 is 10.9 Å². The molecule has 3 aromatic rings. The molecule has 3 heterocycles. The van der Waals surface area contributed by atoms with Crippen LogP contribution in [-0.4, -0.2) is 32.3 Å². The molecule has 0 aliphatic carbocycles. The van der Waals surface area contributed by atoms with Crippen LogP contribution in [0.15, 0.2) is 29.1 Å². The van der Waals surface area contributed by atoms with Gasteiger partial charge in [0.1, 0.15) is 5.75 Å². The summed E-state index contributed by atoms with van der Waals surface area (Å²) in [5.41, 5.74) is 2.54. The van der Waals surface area contributed by atoms with E-state index in [1.807, 2.05) is 25.1 Å². The number of aromatic amines is 1. The fourth-order valence-electron chi connectivity index (χ4n) is 3.72. The van der Waals surface area contributed by atoms with Crippen molar-refractivity contribution in [1.82, 2.24) is 14.9 Å². The highest BCUT2D eigenvalue weighted by atomic mass is 35.5. The van der Waals surface area contributed by atoms with Gasteiger partial charge in [0.2, 0.25) is 0 Å². The Morgan fingerprint density at radius 2 is 2.07 bits per heavy atom. The number of fused-ring (bicyclic) bond motifs is 3. The van der Waals surface area contributed by atoms with Crippen molar-refractivity contribution in [2.45, 2.75) is 26.4 Å². The van der Waals surface area contributed by atoms with E-state index in [0.29, 0.717) is 17.7 Å². The molecule has 142 valence electrons. The second-order valence-corrected chi connectivity index (χ2v) is 6.43. The van der Waals surface area contributed by atoms with E-state index in [0.717, 1.165) is 36.1 Å². The summed E-state index contributed by atoms with van der Waals surface area (Å²) < 4.78 is 2.27. The zero-order valence-corrected chi connectivity index (χ0v) is 15.5. The molecule has 1 aliphatic heterocycles. The summed E-state index contributed by atoms with van der Waals surface area (Å²) in [5.74, 6) is -1.90. The summed E-state index contributed by atoms with van der Waals surface area (Å²) in [6.07, 6.45) is 0.395. The van der Waals surface area contributed by atoms with Crippen molar-refractivity contribution in [3.05, 3.63) is 51.4 Å². The Kier molecular flexibility index (Phi) is 4.99. The van der Waals surface area contributed by atoms with Gasteiger partial charge in [-0.15, -0.1) is 12.4 Å². The van der Waals surface area contributed by atoms with Gasteiger partial charge in [0, 0.05) is 41.8 Å². The van der Waals surface area contributed by atoms with Gasteiger partial charge in [-0.3, -0.25) is 4.79 Å². The van der Waals surface area contributed by atoms with E-state index >= 15 is 0 Å². The number of H-pyrrole nitrogens is 1. The maximum Gasteiger partial charge on any atom is 0.345 e. The fraction of sp³-hybridized carbons (Fsp3) is 0.263. The Hall–Kier alpha value is -2.77. The van der Waals surface area contributed by atoms with Crippen molar-refractivity contribution in [2.24, 2.45) is 0 Å². The number of carbonyl (C=O) groups is 1. The van der Waals surface area contributed by atoms with Crippen molar-refractivity contribution >= 4 is 29.3 Å². The lowest BCUT2D eigenvalue weighted by Gasteiger charge is -2.17. The van der Waals surface area contributed by atoms with Gasteiger partial charge in [-0.1, -0.05) is 13.0 Å². The molecule has 1 aliphatic rings. The first-order valence-corrected chi connectivity index (χ1v) is 8.56. The van der Waals surface area contributed by atoms with Crippen molar-refractivity contribution < 1.29 is 15.0 Å². The number of aromatic carboxylic acids is 1. The van der Waals surface area contributed by atoms with Crippen LogP contribution in [0.3, 0.4) is 0 Å². The maximum atomic E-state index is 12.2. The molecule has 0 bridgehead atoms. The average molecular weight is 390 g/mol. The number of hydrogen-bond acceptors (Lipinski definition) is 4. The number of hydrogen-bond donors (Lipinski definition) is 4. The van der Waals surface area contributed by atoms with Crippen molar-refractivity contribution in [2.75, 3.05) is 6.54 Å². The Labute approximate surface area is 161 Å². The number of halogens is 1. The summed E-state index contributed by atoms with van der Waals surface area (Å²) in [7, 11) is 0. The first kappa shape index (κ1) is 19.0. The van der Waals surface area contributed by atoms with E-state index in [1.54, 1.807) is 0 Å². The third-order valence-corrected chi connectivity index (χ3v) is 4.95. The minimum atomic E-state index is -1.44. The highest BCUT2D eigenvalue weighted by Crippen LogP contribution is 2.32. The van der Waals surface area contributed by atoms with E-state index in [1.165, 1.54) is 5.69 Å². The number of carboxylic acid groups (broad SMARTS) is 1. The lowest BCUT2D eigenvalue weighted by molar-refractivity contribution is 0.0691. The first-order valence-electron chi connectivity index (χ1n) is 8.56. The standard InChI is InChI=1S/C19H19N3O4.ClH/c1-2-13-16(21-18(24)15(17(13)23)19(25)26)10-3-4-14-11(7-10)8-12-9-20-5-6-22(12)14;/h3-4,7-8,20H,2,5-6,9H2,1H3,(H,25,26)(H2,21,23,24);1H. The minimum Gasteiger partial charge on any atom is -0.506 e. The fourth-order valence-corrected chi connectivity index (χ4v) is 3.72. The SMILES string of the molecule is CCc1c(-c2ccc3c(c2)cc2n3CCNC2)[nH]c(=O)c(C(=O)O)c1O.Cl. The molecule has 8 heteroatoms. The summed E-state index contributed by atoms with van der Waals surface area (Å²) in [6, 6.07) is 7.96. The third kappa shape index (κ3) is 2.98. The molecule has 4 N–H and O–H groups in total. The number of rotatable bonds is 3. The van der Waals surface area contributed by atoms with Crippen LogP contribution in [-0.2, 0) is 19.5 Å². The predicted octanol–water partition coefficient (Wildman–Crippen LogP) is 2.49. The van der Waals surface area contributed by atoms with Gasteiger partial charge < -0.3 is 25.1 Å². The van der Waals surface area contributed by atoms with Crippen molar-refractivity contribution in [3.8, 4) is 17.0 Å². The zero-order valence-electron chi connectivity index (χ0n) is 14.7. The lowest BCUT2D eigenvalue weighted by atomic mass is 9.99. The maximum absolute atomic E-state index is 12.2. The van der Waals surface area contributed by atoms with Crippen LogP contribution in [0.5, 0.6) is 5.75 Å². The van der Waals surface area contributed by atoms with Gasteiger partial charge in [-0.05, 0) is 30.2 Å². The average Bonchev–Trinajstić information content (AvgIpc) is 2.98. The van der Waals surface area contributed by atoms with Gasteiger partial charge in [0.25, 0.3) is 5.56 Å². The summed E-state index contributed by atoms with van der Waals surface area (Å²) in [4.78, 5) is 26.1. The smallest absolute Gasteiger partial charge is 0.345 e. The summed E-state index contributed by atoms with van der Waals surface area (Å²) in [5, 5.41) is 23.9. The Bertz CT molecular complexity index is 1100. The van der Waals surface area contributed by atoms with Gasteiger partial charge in [-0.2, -0.15) is 0 Å². The second kappa shape index (κ2) is 7.09. The number of nitrogens with one attached hydrogen (secondary N) is 2. The molecule has 2 aromatic heterocycles. The quantitative estimate of drug-likeness (QED) is 0.550. The van der Waals surface area contributed by atoms with Gasteiger partial charge in [0.05, 0.1) is 5.69 Å².